The van der Waals surface area contributed by atoms with E-state index in [1.54, 1.807) is 13.2 Å². The van der Waals surface area contributed by atoms with Crippen molar-refractivity contribution in [1.82, 2.24) is 0 Å². The Hall–Kier alpha value is -1.73. The molecule has 1 fully saturated rings. The number of para-hydroxylation sites is 1. The molecule has 18 heavy (non-hydrogen) atoms. The van der Waals surface area contributed by atoms with Gasteiger partial charge in [0, 0.05) is 19.8 Å². The van der Waals surface area contributed by atoms with Gasteiger partial charge >= 0.3 is 0 Å². The van der Waals surface area contributed by atoms with Gasteiger partial charge in [-0.3, -0.25) is 0 Å². The van der Waals surface area contributed by atoms with Gasteiger partial charge in [0.05, 0.1) is 18.4 Å². The second-order valence-electron chi connectivity index (χ2n) is 4.43. The van der Waals surface area contributed by atoms with Gasteiger partial charge in [-0.2, -0.15) is 5.26 Å². The molecule has 0 amide bonds. The standard InChI is InChI=1S/C14H18N2O2/c1-17-13-4-2-3-12(9-15)14(13)16-10-11-5-7-18-8-6-11/h2-4,11,16H,5-8,10H2,1H3. The van der Waals surface area contributed by atoms with Crippen molar-refractivity contribution in [3.63, 3.8) is 0 Å². The van der Waals surface area contributed by atoms with E-state index in [2.05, 4.69) is 11.4 Å². The number of nitrogens with one attached hydrogen (secondary N) is 1. The Labute approximate surface area is 108 Å². The first-order valence-corrected chi connectivity index (χ1v) is 6.24. The summed E-state index contributed by atoms with van der Waals surface area (Å²) in [5, 5.41) is 12.5. The minimum absolute atomic E-state index is 0.607. The molecule has 4 heteroatoms. The molecule has 1 aliphatic heterocycles. The summed E-state index contributed by atoms with van der Waals surface area (Å²) in [7, 11) is 1.62. The van der Waals surface area contributed by atoms with E-state index in [4.69, 9.17) is 14.7 Å². The van der Waals surface area contributed by atoms with Crippen LogP contribution in [0.5, 0.6) is 5.75 Å². The predicted octanol–water partition coefficient (Wildman–Crippen LogP) is 2.41. The highest BCUT2D eigenvalue weighted by molar-refractivity contribution is 5.66. The van der Waals surface area contributed by atoms with Gasteiger partial charge in [-0.15, -0.1) is 0 Å². The van der Waals surface area contributed by atoms with Crippen molar-refractivity contribution in [3.05, 3.63) is 23.8 Å². The van der Waals surface area contributed by atoms with Crippen LogP contribution in [0, 0.1) is 17.2 Å². The van der Waals surface area contributed by atoms with Crippen molar-refractivity contribution < 1.29 is 9.47 Å². The molecule has 4 nitrogen and oxygen atoms in total. The van der Waals surface area contributed by atoms with Crippen LogP contribution in [0.3, 0.4) is 0 Å². The molecule has 1 aromatic carbocycles. The fourth-order valence-corrected chi connectivity index (χ4v) is 2.17. The van der Waals surface area contributed by atoms with Crippen molar-refractivity contribution in [2.75, 3.05) is 32.2 Å². The lowest BCUT2D eigenvalue weighted by Gasteiger charge is -2.23. The zero-order valence-corrected chi connectivity index (χ0v) is 10.6. The molecule has 1 aromatic rings. The highest BCUT2D eigenvalue weighted by Crippen LogP contribution is 2.28. The Morgan fingerprint density at radius 2 is 2.22 bits per heavy atom. The van der Waals surface area contributed by atoms with Gasteiger partial charge in [-0.05, 0) is 30.9 Å². The van der Waals surface area contributed by atoms with Crippen molar-refractivity contribution in [1.29, 1.82) is 5.26 Å². The van der Waals surface area contributed by atoms with Gasteiger partial charge in [0.2, 0.25) is 0 Å². The van der Waals surface area contributed by atoms with Gasteiger partial charge in [0.15, 0.2) is 0 Å². The van der Waals surface area contributed by atoms with Crippen LogP contribution in [0.25, 0.3) is 0 Å². The molecule has 0 unspecified atom stereocenters. The van der Waals surface area contributed by atoms with E-state index in [0.717, 1.165) is 44.0 Å². The summed E-state index contributed by atoms with van der Waals surface area (Å²) in [4.78, 5) is 0. The van der Waals surface area contributed by atoms with Crippen LogP contribution in [0.1, 0.15) is 18.4 Å². The number of rotatable bonds is 4. The monoisotopic (exact) mass is 246 g/mol. The van der Waals surface area contributed by atoms with E-state index >= 15 is 0 Å². The van der Waals surface area contributed by atoms with E-state index in [1.807, 2.05) is 12.1 Å². The number of methoxy groups -OCH3 is 1. The van der Waals surface area contributed by atoms with Crippen LogP contribution in [-0.4, -0.2) is 26.9 Å². The smallest absolute Gasteiger partial charge is 0.143 e. The Kier molecular flexibility index (Phi) is 4.43. The van der Waals surface area contributed by atoms with Crippen molar-refractivity contribution in [2.24, 2.45) is 5.92 Å². The molecule has 0 spiro atoms. The Morgan fingerprint density at radius 3 is 2.89 bits per heavy atom. The lowest BCUT2D eigenvalue weighted by atomic mass is 10.00. The van der Waals surface area contributed by atoms with Gasteiger partial charge in [0.25, 0.3) is 0 Å². The molecule has 0 aliphatic carbocycles. The zero-order valence-electron chi connectivity index (χ0n) is 10.6. The Bertz CT molecular complexity index is 434. The first-order valence-electron chi connectivity index (χ1n) is 6.24. The third kappa shape index (κ3) is 2.93. The molecule has 0 radical (unpaired) electrons. The Morgan fingerprint density at radius 1 is 1.44 bits per heavy atom. The molecule has 2 rings (SSSR count). The Balaban J connectivity index is 2.05. The predicted molar refractivity (Wildman–Crippen MR) is 69.7 cm³/mol. The average Bonchev–Trinajstić information content (AvgIpc) is 2.45. The molecule has 0 saturated carbocycles. The largest absolute Gasteiger partial charge is 0.495 e. The second-order valence-corrected chi connectivity index (χ2v) is 4.43. The van der Waals surface area contributed by atoms with Crippen LogP contribution < -0.4 is 10.1 Å². The topological polar surface area (TPSA) is 54.3 Å². The number of nitrogens with zero attached hydrogens (tertiary/aromatic N) is 1. The maximum Gasteiger partial charge on any atom is 0.143 e. The third-order valence-electron chi connectivity index (χ3n) is 3.27. The average molecular weight is 246 g/mol. The molecule has 1 saturated heterocycles. The van der Waals surface area contributed by atoms with E-state index in [1.165, 1.54) is 0 Å². The number of ether oxygens (including phenoxy) is 2. The van der Waals surface area contributed by atoms with Crippen LogP contribution in [0.4, 0.5) is 5.69 Å². The summed E-state index contributed by atoms with van der Waals surface area (Å²) >= 11 is 0. The zero-order chi connectivity index (χ0) is 12.8. The van der Waals surface area contributed by atoms with Crippen molar-refractivity contribution in [3.8, 4) is 11.8 Å². The fourth-order valence-electron chi connectivity index (χ4n) is 2.17. The highest BCUT2D eigenvalue weighted by Gasteiger charge is 2.15. The molecule has 0 aromatic heterocycles. The van der Waals surface area contributed by atoms with Crippen LogP contribution in [0.2, 0.25) is 0 Å². The number of nitriles is 1. The number of anilines is 1. The van der Waals surface area contributed by atoms with Crippen molar-refractivity contribution >= 4 is 5.69 Å². The summed E-state index contributed by atoms with van der Waals surface area (Å²) in [5.41, 5.74) is 1.43. The lowest BCUT2D eigenvalue weighted by Crippen LogP contribution is -2.23. The number of hydrogen-bond acceptors (Lipinski definition) is 4. The summed E-state index contributed by atoms with van der Waals surface area (Å²) < 4.78 is 10.6. The maximum atomic E-state index is 9.11. The molecular formula is C14H18N2O2. The SMILES string of the molecule is COc1cccc(C#N)c1NCC1CCOCC1. The summed E-state index contributed by atoms with van der Waals surface area (Å²) in [5.74, 6) is 1.33. The highest BCUT2D eigenvalue weighted by atomic mass is 16.5. The van der Waals surface area contributed by atoms with Gasteiger partial charge in [-0.25, -0.2) is 0 Å². The molecule has 0 bridgehead atoms. The maximum absolute atomic E-state index is 9.11. The lowest BCUT2D eigenvalue weighted by molar-refractivity contribution is 0.0699. The molecule has 96 valence electrons. The third-order valence-corrected chi connectivity index (χ3v) is 3.27. The van der Waals surface area contributed by atoms with E-state index in [0.29, 0.717) is 11.5 Å². The van der Waals surface area contributed by atoms with Gasteiger partial charge in [-0.1, -0.05) is 6.07 Å². The van der Waals surface area contributed by atoms with E-state index in [-0.39, 0.29) is 0 Å². The van der Waals surface area contributed by atoms with E-state index < -0.39 is 0 Å². The molecule has 1 N–H and O–H groups in total. The molecule has 1 heterocycles. The quantitative estimate of drug-likeness (QED) is 0.886. The van der Waals surface area contributed by atoms with Gasteiger partial charge < -0.3 is 14.8 Å². The van der Waals surface area contributed by atoms with Gasteiger partial charge in [0.1, 0.15) is 11.8 Å². The summed E-state index contributed by atoms with van der Waals surface area (Å²) in [6, 6.07) is 7.69. The van der Waals surface area contributed by atoms with Crippen LogP contribution >= 0.6 is 0 Å². The van der Waals surface area contributed by atoms with Crippen molar-refractivity contribution in [2.45, 2.75) is 12.8 Å². The minimum Gasteiger partial charge on any atom is -0.495 e. The first kappa shape index (κ1) is 12.7. The first-order chi connectivity index (χ1) is 8.85. The minimum atomic E-state index is 0.607. The normalized spacial score (nSPS) is 16.0. The summed E-state index contributed by atoms with van der Waals surface area (Å²) in [6.07, 6.45) is 2.15. The number of hydrogen-bond donors (Lipinski definition) is 1. The molecule has 1 aliphatic rings. The van der Waals surface area contributed by atoms with Crippen LogP contribution in [0.15, 0.2) is 18.2 Å². The second kappa shape index (κ2) is 6.27. The summed E-state index contributed by atoms with van der Waals surface area (Å²) in [6.45, 7) is 2.53. The molecular weight excluding hydrogens is 228 g/mol. The molecule has 0 atom stereocenters. The van der Waals surface area contributed by atoms with E-state index in [9.17, 15) is 0 Å². The fraction of sp³-hybridized carbons (Fsp3) is 0.500. The number of benzene rings is 1. The van der Waals surface area contributed by atoms with Crippen LogP contribution in [-0.2, 0) is 4.74 Å².